The molecule has 0 saturated carbocycles. The Labute approximate surface area is 190 Å². The highest BCUT2D eigenvalue weighted by molar-refractivity contribution is 5.69. The van der Waals surface area contributed by atoms with Crippen LogP contribution in [-0.4, -0.2) is 12.6 Å². The van der Waals surface area contributed by atoms with Gasteiger partial charge in [0.15, 0.2) is 0 Å². The van der Waals surface area contributed by atoms with Gasteiger partial charge in [0, 0.05) is 6.42 Å². The monoisotopic (exact) mass is 424 g/mol. The largest absolute Gasteiger partial charge is 0.465 e. The summed E-state index contributed by atoms with van der Waals surface area (Å²) in [6.07, 6.45) is 25.4. The molecule has 0 spiro atoms. The SMILES string of the molecule is CCCCCCC(CCCC)COC(=O)CCCCCCCCCCCCC(C)C. The molecule has 0 N–H and O–H groups in total. The first-order chi connectivity index (χ1) is 14.6. The van der Waals surface area contributed by atoms with Crippen molar-refractivity contribution < 1.29 is 9.53 Å². The Kier molecular flexibility index (Phi) is 22.7. The summed E-state index contributed by atoms with van der Waals surface area (Å²) in [6.45, 7) is 9.79. The van der Waals surface area contributed by atoms with Crippen LogP contribution in [0.3, 0.4) is 0 Å². The summed E-state index contributed by atoms with van der Waals surface area (Å²) in [5, 5.41) is 0. The summed E-state index contributed by atoms with van der Waals surface area (Å²) >= 11 is 0. The summed E-state index contributed by atoms with van der Waals surface area (Å²) in [5.41, 5.74) is 0. The van der Waals surface area contributed by atoms with Gasteiger partial charge in [0.1, 0.15) is 0 Å². The van der Waals surface area contributed by atoms with E-state index in [2.05, 4.69) is 27.7 Å². The van der Waals surface area contributed by atoms with Gasteiger partial charge in [0.25, 0.3) is 0 Å². The van der Waals surface area contributed by atoms with E-state index in [0.717, 1.165) is 12.3 Å². The fraction of sp³-hybridized carbons (Fsp3) is 0.964. The second-order valence-electron chi connectivity index (χ2n) is 10.0. The van der Waals surface area contributed by atoms with Crippen LogP contribution in [0.1, 0.15) is 156 Å². The summed E-state index contributed by atoms with van der Waals surface area (Å²) in [6, 6.07) is 0. The lowest BCUT2D eigenvalue weighted by molar-refractivity contribution is -0.145. The van der Waals surface area contributed by atoms with Crippen molar-refractivity contribution >= 4 is 5.97 Å². The average molecular weight is 425 g/mol. The molecule has 0 aromatic carbocycles. The van der Waals surface area contributed by atoms with Gasteiger partial charge in [0.2, 0.25) is 0 Å². The van der Waals surface area contributed by atoms with Gasteiger partial charge in [-0.25, -0.2) is 0 Å². The van der Waals surface area contributed by atoms with Crippen molar-refractivity contribution in [2.45, 2.75) is 156 Å². The maximum absolute atomic E-state index is 12.1. The average Bonchev–Trinajstić information content (AvgIpc) is 2.73. The van der Waals surface area contributed by atoms with Crippen LogP contribution < -0.4 is 0 Å². The lowest BCUT2D eigenvalue weighted by Gasteiger charge is -2.16. The van der Waals surface area contributed by atoms with Gasteiger partial charge in [-0.15, -0.1) is 0 Å². The highest BCUT2D eigenvalue weighted by Gasteiger charge is 2.11. The first-order valence-corrected chi connectivity index (χ1v) is 13.8. The summed E-state index contributed by atoms with van der Waals surface area (Å²) in [5.74, 6) is 1.47. The molecule has 0 aliphatic carbocycles. The molecule has 0 amide bonds. The number of unbranched alkanes of at least 4 members (excludes halogenated alkanes) is 13. The Bertz CT molecular complexity index is 351. The Morgan fingerprint density at radius 1 is 0.600 bits per heavy atom. The second-order valence-corrected chi connectivity index (χ2v) is 10.0. The van der Waals surface area contributed by atoms with E-state index in [4.69, 9.17) is 4.74 Å². The van der Waals surface area contributed by atoms with E-state index in [0.29, 0.717) is 18.9 Å². The third kappa shape index (κ3) is 22.2. The molecular weight excluding hydrogens is 368 g/mol. The lowest BCUT2D eigenvalue weighted by atomic mass is 9.96. The van der Waals surface area contributed by atoms with Crippen LogP contribution in [0, 0.1) is 11.8 Å². The van der Waals surface area contributed by atoms with Gasteiger partial charge in [-0.2, -0.15) is 0 Å². The third-order valence-electron chi connectivity index (χ3n) is 6.32. The van der Waals surface area contributed by atoms with Gasteiger partial charge in [-0.1, -0.05) is 130 Å². The van der Waals surface area contributed by atoms with Crippen molar-refractivity contribution in [3.05, 3.63) is 0 Å². The van der Waals surface area contributed by atoms with Crippen LogP contribution >= 0.6 is 0 Å². The predicted octanol–water partition coefficient (Wildman–Crippen LogP) is 9.64. The topological polar surface area (TPSA) is 26.3 Å². The summed E-state index contributed by atoms with van der Waals surface area (Å²) in [7, 11) is 0. The third-order valence-corrected chi connectivity index (χ3v) is 6.32. The number of rotatable bonds is 23. The molecule has 0 aliphatic heterocycles. The van der Waals surface area contributed by atoms with E-state index in [-0.39, 0.29) is 5.97 Å². The van der Waals surface area contributed by atoms with Gasteiger partial charge in [-0.05, 0) is 31.1 Å². The predicted molar refractivity (Wildman–Crippen MR) is 133 cm³/mol. The summed E-state index contributed by atoms with van der Waals surface area (Å²) < 4.78 is 5.63. The van der Waals surface area contributed by atoms with Crippen molar-refractivity contribution in [3.8, 4) is 0 Å². The molecule has 0 radical (unpaired) electrons. The smallest absolute Gasteiger partial charge is 0.305 e. The first-order valence-electron chi connectivity index (χ1n) is 13.8. The van der Waals surface area contributed by atoms with E-state index in [9.17, 15) is 4.79 Å². The zero-order valence-corrected chi connectivity index (χ0v) is 21.3. The second kappa shape index (κ2) is 23.1. The molecule has 1 unspecified atom stereocenters. The fourth-order valence-electron chi connectivity index (χ4n) is 4.18. The molecule has 0 aromatic rings. The Balaban J connectivity index is 3.55. The molecule has 0 aromatic heterocycles. The van der Waals surface area contributed by atoms with Crippen LogP contribution in [0.5, 0.6) is 0 Å². The summed E-state index contributed by atoms with van der Waals surface area (Å²) in [4.78, 5) is 12.1. The van der Waals surface area contributed by atoms with E-state index in [1.807, 2.05) is 0 Å². The van der Waals surface area contributed by atoms with Crippen LogP contribution in [-0.2, 0) is 9.53 Å². The number of esters is 1. The molecule has 2 heteroatoms. The van der Waals surface area contributed by atoms with Crippen molar-refractivity contribution in [1.29, 1.82) is 0 Å². The molecule has 0 heterocycles. The van der Waals surface area contributed by atoms with Crippen molar-refractivity contribution in [2.75, 3.05) is 6.61 Å². The molecule has 0 saturated heterocycles. The minimum Gasteiger partial charge on any atom is -0.465 e. The van der Waals surface area contributed by atoms with Crippen molar-refractivity contribution in [3.63, 3.8) is 0 Å². The number of carbonyl (C=O) groups is 1. The molecule has 2 nitrogen and oxygen atoms in total. The number of carbonyl (C=O) groups excluding carboxylic acids is 1. The normalized spacial score (nSPS) is 12.4. The molecule has 180 valence electrons. The molecule has 1 atom stereocenters. The fourth-order valence-corrected chi connectivity index (χ4v) is 4.18. The van der Waals surface area contributed by atoms with E-state index in [1.165, 1.54) is 116 Å². The zero-order chi connectivity index (χ0) is 22.3. The number of ether oxygens (including phenoxy) is 1. The highest BCUT2D eigenvalue weighted by atomic mass is 16.5. The Morgan fingerprint density at radius 2 is 1.07 bits per heavy atom. The number of hydrogen-bond acceptors (Lipinski definition) is 2. The molecule has 0 bridgehead atoms. The van der Waals surface area contributed by atoms with E-state index in [1.54, 1.807) is 0 Å². The molecule has 0 aliphatic rings. The molecule has 0 rings (SSSR count). The quantitative estimate of drug-likeness (QED) is 0.120. The van der Waals surface area contributed by atoms with E-state index >= 15 is 0 Å². The van der Waals surface area contributed by atoms with Gasteiger partial charge in [-0.3, -0.25) is 4.79 Å². The minimum atomic E-state index is 0.0338. The lowest BCUT2D eigenvalue weighted by Crippen LogP contribution is -2.14. The van der Waals surface area contributed by atoms with Crippen LogP contribution in [0.15, 0.2) is 0 Å². The zero-order valence-electron chi connectivity index (χ0n) is 21.3. The first kappa shape index (κ1) is 29.5. The van der Waals surface area contributed by atoms with Gasteiger partial charge < -0.3 is 4.74 Å². The Hall–Kier alpha value is -0.530. The van der Waals surface area contributed by atoms with Crippen molar-refractivity contribution in [1.82, 2.24) is 0 Å². The maximum Gasteiger partial charge on any atom is 0.305 e. The molecular formula is C28H56O2. The highest BCUT2D eigenvalue weighted by Crippen LogP contribution is 2.19. The van der Waals surface area contributed by atoms with Crippen molar-refractivity contribution in [2.24, 2.45) is 11.8 Å². The maximum atomic E-state index is 12.1. The minimum absolute atomic E-state index is 0.0338. The number of hydrogen-bond donors (Lipinski definition) is 0. The van der Waals surface area contributed by atoms with Crippen LogP contribution in [0.25, 0.3) is 0 Å². The standard InChI is InChI=1S/C28H56O2/c1-5-7-9-19-23-27(22-8-6-2)25-30-28(29)24-20-17-15-13-11-10-12-14-16-18-21-26(3)4/h26-27H,5-25H2,1-4H3. The van der Waals surface area contributed by atoms with Crippen LogP contribution in [0.4, 0.5) is 0 Å². The molecule has 0 fully saturated rings. The van der Waals surface area contributed by atoms with E-state index < -0.39 is 0 Å². The molecule has 30 heavy (non-hydrogen) atoms. The van der Waals surface area contributed by atoms with Crippen LogP contribution in [0.2, 0.25) is 0 Å². The van der Waals surface area contributed by atoms with Gasteiger partial charge >= 0.3 is 5.97 Å². The van der Waals surface area contributed by atoms with Gasteiger partial charge in [0.05, 0.1) is 6.61 Å². The Morgan fingerprint density at radius 3 is 1.63 bits per heavy atom.